The SMILES string of the molecule is CCCNCC1CCCN(C)C1c1ccccn1. The van der Waals surface area contributed by atoms with Crippen LogP contribution in [0, 0.1) is 5.92 Å². The molecule has 2 unspecified atom stereocenters. The summed E-state index contributed by atoms with van der Waals surface area (Å²) < 4.78 is 0. The van der Waals surface area contributed by atoms with Crippen LogP contribution in [0.5, 0.6) is 0 Å². The molecule has 1 N–H and O–H groups in total. The molecule has 0 amide bonds. The lowest BCUT2D eigenvalue weighted by Crippen LogP contribution is -2.41. The van der Waals surface area contributed by atoms with E-state index < -0.39 is 0 Å². The normalized spacial score (nSPS) is 25.2. The van der Waals surface area contributed by atoms with Crippen molar-refractivity contribution in [2.24, 2.45) is 5.92 Å². The Bertz CT molecular complexity index is 339. The van der Waals surface area contributed by atoms with E-state index in [9.17, 15) is 0 Å². The fourth-order valence-electron chi connectivity index (χ4n) is 2.96. The van der Waals surface area contributed by atoms with Gasteiger partial charge < -0.3 is 5.32 Å². The monoisotopic (exact) mass is 247 g/mol. The number of hydrogen-bond donors (Lipinski definition) is 1. The van der Waals surface area contributed by atoms with Gasteiger partial charge in [-0.1, -0.05) is 13.0 Å². The molecule has 0 radical (unpaired) electrons. The lowest BCUT2D eigenvalue weighted by atomic mass is 9.87. The molecule has 1 aromatic heterocycles. The molecule has 3 nitrogen and oxygen atoms in total. The van der Waals surface area contributed by atoms with Crippen LogP contribution in [0.4, 0.5) is 0 Å². The molecule has 2 heterocycles. The quantitative estimate of drug-likeness (QED) is 0.810. The van der Waals surface area contributed by atoms with Gasteiger partial charge in [-0.3, -0.25) is 9.88 Å². The maximum atomic E-state index is 4.56. The number of nitrogens with one attached hydrogen (secondary N) is 1. The van der Waals surface area contributed by atoms with Gasteiger partial charge in [0.25, 0.3) is 0 Å². The van der Waals surface area contributed by atoms with Crippen LogP contribution in [0.15, 0.2) is 24.4 Å². The highest BCUT2D eigenvalue weighted by Gasteiger charge is 2.30. The first kappa shape index (κ1) is 13.5. The molecule has 2 atom stereocenters. The summed E-state index contributed by atoms with van der Waals surface area (Å²) in [5.41, 5.74) is 1.22. The van der Waals surface area contributed by atoms with Crippen LogP contribution in [0.3, 0.4) is 0 Å². The molecule has 1 aliphatic heterocycles. The Morgan fingerprint density at radius 2 is 2.33 bits per heavy atom. The Hall–Kier alpha value is -0.930. The number of aromatic nitrogens is 1. The summed E-state index contributed by atoms with van der Waals surface area (Å²) in [6, 6.07) is 6.74. The average Bonchev–Trinajstić information content (AvgIpc) is 2.40. The molecule has 1 saturated heterocycles. The van der Waals surface area contributed by atoms with Crippen LogP contribution in [0.25, 0.3) is 0 Å². The Morgan fingerprint density at radius 3 is 3.06 bits per heavy atom. The van der Waals surface area contributed by atoms with Gasteiger partial charge in [0.05, 0.1) is 11.7 Å². The number of likely N-dealkylation sites (tertiary alicyclic amines) is 1. The molecule has 0 spiro atoms. The van der Waals surface area contributed by atoms with E-state index in [1.54, 1.807) is 0 Å². The van der Waals surface area contributed by atoms with Crippen molar-refractivity contribution in [3.63, 3.8) is 0 Å². The van der Waals surface area contributed by atoms with E-state index >= 15 is 0 Å². The summed E-state index contributed by atoms with van der Waals surface area (Å²) in [4.78, 5) is 7.02. The smallest absolute Gasteiger partial charge is 0.0578 e. The van der Waals surface area contributed by atoms with Crippen molar-refractivity contribution in [3.8, 4) is 0 Å². The molecule has 18 heavy (non-hydrogen) atoms. The van der Waals surface area contributed by atoms with Crippen LogP contribution in [0.2, 0.25) is 0 Å². The van der Waals surface area contributed by atoms with Crippen molar-refractivity contribution in [1.29, 1.82) is 0 Å². The molecule has 1 fully saturated rings. The van der Waals surface area contributed by atoms with Gasteiger partial charge in [-0.15, -0.1) is 0 Å². The van der Waals surface area contributed by atoms with Crippen molar-refractivity contribution < 1.29 is 0 Å². The van der Waals surface area contributed by atoms with Gasteiger partial charge in [0, 0.05) is 6.20 Å². The van der Waals surface area contributed by atoms with E-state index in [4.69, 9.17) is 0 Å². The van der Waals surface area contributed by atoms with E-state index in [2.05, 4.69) is 41.3 Å². The first-order valence-electron chi connectivity index (χ1n) is 7.14. The molecule has 100 valence electrons. The van der Waals surface area contributed by atoms with E-state index in [1.165, 1.54) is 31.5 Å². The number of pyridine rings is 1. The average molecular weight is 247 g/mol. The Kier molecular flexibility index (Phi) is 5.14. The molecular formula is C15H25N3. The summed E-state index contributed by atoms with van der Waals surface area (Å²) in [6.45, 7) is 5.64. The van der Waals surface area contributed by atoms with E-state index in [0.29, 0.717) is 12.0 Å². The minimum atomic E-state index is 0.476. The molecular weight excluding hydrogens is 222 g/mol. The molecule has 1 aromatic rings. The van der Waals surface area contributed by atoms with Gasteiger partial charge >= 0.3 is 0 Å². The van der Waals surface area contributed by atoms with E-state index in [0.717, 1.165) is 13.1 Å². The van der Waals surface area contributed by atoms with Gasteiger partial charge in [-0.2, -0.15) is 0 Å². The van der Waals surface area contributed by atoms with Crippen LogP contribution in [-0.2, 0) is 0 Å². The second kappa shape index (κ2) is 6.86. The van der Waals surface area contributed by atoms with Gasteiger partial charge in [0.15, 0.2) is 0 Å². The number of nitrogens with zero attached hydrogens (tertiary/aromatic N) is 2. The van der Waals surface area contributed by atoms with Gasteiger partial charge in [-0.05, 0) is 64.0 Å². The van der Waals surface area contributed by atoms with Gasteiger partial charge in [-0.25, -0.2) is 0 Å². The number of piperidine rings is 1. The minimum Gasteiger partial charge on any atom is -0.316 e. The third-order valence-electron chi connectivity index (χ3n) is 3.83. The molecule has 0 aliphatic carbocycles. The highest BCUT2D eigenvalue weighted by atomic mass is 15.2. The molecule has 0 bridgehead atoms. The zero-order chi connectivity index (χ0) is 12.8. The predicted octanol–water partition coefficient (Wildman–Crippen LogP) is 2.46. The van der Waals surface area contributed by atoms with Crippen molar-refractivity contribution in [3.05, 3.63) is 30.1 Å². The highest BCUT2D eigenvalue weighted by Crippen LogP contribution is 2.33. The lowest BCUT2D eigenvalue weighted by molar-refractivity contribution is 0.116. The summed E-state index contributed by atoms with van der Waals surface area (Å²) in [6.07, 6.45) is 5.73. The Morgan fingerprint density at radius 1 is 1.44 bits per heavy atom. The summed E-state index contributed by atoms with van der Waals surface area (Å²) in [7, 11) is 2.23. The lowest BCUT2D eigenvalue weighted by Gasteiger charge is -2.39. The van der Waals surface area contributed by atoms with Crippen molar-refractivity contribution in [2.45, 2.75) is 32.2 Å². The summed E-state index contributed by atoms with van der Waals surface area (Å²) >= 11 is 0. The van der Waals surface area contributed by atoms with Gasteiger partial charge in [0.1, 0.15) is 0 Å². The highest BCUT2D eigenvalue weighted by molar-refractivity contribution is 5.11. The molecule has 1 aliphatic rings. The van der Waals surface area contributed by atoms with Crippen LogP contribution in [-0.4, -0.2) is 36.6 Å². The van der Waals surface area contributed by atoms with Crippen molar-refractivity contribution in [1.82, 2.24) is 15.2 Å². The first-order chi connectivity index (χ1) is 8.83. The molecule has 0 aromatic carbocycles. The molecule has 2 rings (SSSR count). The maximum Gasteiger partial charge on any atom is 0.0578 e. The largest absolute Gasteiger partial charge is 0.316 e. The third-order valence-corrected chi connectivity index (χ3v) is 3.83. The minimum absolute atomic E-state index is 0.476. The second-order valence-corrected chi connectivity index (χ2v) is 5.29. The van der Waals surface area contributed by atoms with Crippen LogP contribution in [0.1, 0.15) is 37.9 Å². The topological polar surface area (TPSA) is 28.2 Å². The number of rotatable bonds is 5. The molecule has 0 saturated carbocycles. The molecule has 3 heteroatoms. The fraction of sp³-hybridized carbons (Fsp3) is 0.667. The van der Waals surface area contributed by atoms with Crippen molar-refractivity contribution in [2.75, 3.05) is 26.7 Å². The van der Waals surface area contributed by atoms with Gasteiger partial charge in [0.2, 0.25) is 0 Å². The predicted molar refractivity (Wildman–Crippen MR) is 75.5 cm³/mol. The zero-order valence-electron chi connectivity index (χ0n) is 11.6. The van der Waals surface area contributed by atoms with E-state index in [-0.39, 0.29) is 0 Å². The fourth-order valence-corrected chi connectivity index (χ4v) is 2.96. The number of hydrogen-bond acceptors (Lipinski definition) is 3. The summed E-state index contributed by atoms with van der Waals surface area (Å²) in [5.74, 6) is 0.685. The second-order valence-electron chi connectivity index (χ2n) is 5.29. The zero-order valence-corrected chi connectivity index (χ0v) is 11.6. The van der Waals surface area contributed by atoms with Crippen LogP contribution < -0.4 is 5.32 Å². The standard InChI is InChI=1S/C15H25N3/c1-3-9-16-12-13-7-6-11-18(2)15(13)14-8-4-5-10-17-14/h4-5,8,10,13,15-16H,3,6-7,9,11-12H2,1-2H3. The van der Waals surface area contributed by atoms with E-state index in [1.807, 2.05) is 12.3 Å². The summed E-state index contributed by atoms with van der Waals surface area (Å²) in [5, 5.41) is 3.57. The first-order valence-corrected chi connectivity index (χ1v) is 7.14. The third kappa shape index (κ3) is 3.30. The Balaban J connectivity index is 2.06. The Labute approximate surface area is 111 Å². The maximum absolute atomic E-state index is 4.56. The van der Waals surface area contributed by atoms with Crippen LogP contribution >= 0.6 is 0 Å². The van der Waals surface area contributed by atoms with Crippen molar-refractivity contribution >= 4 is 0 Å².